The Morgan fingerprint density at radius 3 is 2.18 bits per heavy atom. The monoisotopic (exact) mass is 288 g/mol. The minimum absolute atomic E-state index is 0.104. The Hall–Kier alpha value is -2.45. The number of benzene rings is 2. The average molecular weight is 288 g/mol. The summed E-state index contributed by atoms with van der Waals surface area (Å²) >= 11 is 0. The third kappa shape index (κ3) is 1.96. The second-order valence-electron chi connectivity index (χ2n) is 5.88. The van der Waals surface area contributed by atoms with Crippen LogP contribution in [0.2, 0.25) is 0 Å². The molecule has 1 N–H and O–H groups in total. The van der Waals surface area contributed by atoms with Gasteiger partial charge < -0.3 is 5.11 Å². The van der Waals surface area contributed by atoms with Crippen molar-refractivity contribution in [2.75, 3.05) is 0 Å². The molecular formula is C20H18NO+. The van der Waals surface area contributed by atoms with E-state index in [9.17, 15) is 5.11 Å². The van der Waals surface area contributed by atoms with Gasteiger partial charge in [-0.05, 0) is 5.56 Å². The molecule has 0 radical (unpaired) electrons. The first-order chi connectivity index (χ1) is 10.8. The molecule has 0 unspecified atom stereocenters. The number of nitrogens with zero attached hydrogens (tertiary/aromatic N) is 1. The van der Waals surface area contributed by atoms with E-state index < -0.39 is 5.60 Å². The Kier molecular flexibility index (Phi) is 3.05. The van der Waals surface area contributed by atoms with Gasteiger partial charge in [0.25, 0.3) is 0 Å². The maximum absolute atomic E-state index is 11.6. The van der Waals surface area contributed by atoms with Crippen molar-refractivity contribution < 1.29 is 9.67 Å². The molecular weight excluding hydrogens is 270 g/mol. The van der Waals surface area contributed by atoms with Gasteiger partial charge in [-0.3, -0.25) is 0 Å². The first kappa shape index (κ1) is 13.2. The Balaban J connectivity index is 1.93. The smallest absolute Gasteiger partial charge is 0.216 e. The van der Waals surface area contributed by atoms with Crippen molar-refractivity contribution in [2.45, 2.75) is 18.1 Å². The fraction of sp³-hybridized carbons (Fsp3) is 0.150. The molecule has 0 aliphatic carbocycles. The minimum atomic E-state index is -0.920. The maximum atomic E-state index is 11.6. The van der Waals surface area contributed by atoms with E-state index in [2.05, 4.69) is 29.0 Å². The normalized spacial score (nSPS) is 23.2. The lowest BCUT2D eigenvalue weighted by molar-refractivity contribution is -0.717. The van der Waals surface area contributed by atoms with Gasteiger partial charge in [0, 0.05) is 17.7 Å². The number of hydrogen-bond donors (Lipinski definition) is 1. The highest BCUT2D eigenvalue weighted by atomic mass is 16.3. The molecule has 4 rings (SSSR count). The number of hydrogen-bond acceptors (Lipinski definition) is 1. The van der Waals surface area contributed by atoms with E-state index >= 15 is 0 Å². The van der Waals surface area contributed by atoms with Gasteiger partial charge in [-0.25, -0.2) is 0 Å². The van der Waals surface area contributed by atoms with Crippen LogP contribution in [0, 0.1) is 0 Å². The fourth-order valence-electron chi connectivity index (χ4n) is 3.55. The zero-order valence-electron chi connectivity index (χ0n) is 12.3. The third-order valence-corrected chi connectivity index (χ3v) is 4.55. The molecule has 2 nitrogen and oxygen atoms in total. The molecule has 1 aliphatic heterocycles. The SMILES string of the molecule is O[C@@]1(c2ccccc2)Cc2cccc[n+]2[C@H]1c1ccccc1. The standard InChI is InChI=1S/C20H18NO/c22-20(17-11-5-2-6-12-17)15-18-13-7-8-14-21(18)19(20)16-9-3-1-4-10-16/h1-14,19,22H,15H2/q+1/t19-,20+/m0/s1. The van der Waals surface area contributed by atoms with Gasteiger partial charge in [-0.1, -0.05) is 66.7 Å². The number of fused-ring (bicyclic) bond motifs is 1. The summed E-state index contributed by atoms with van der Waals surface area (Å²) in [5, 5.41) is 11.6. The molecule has 0 fully saturated rings. The Morgan fingerprint density at radius 1 is 0.818 bits per heavy atom. The summed E-state index contributed by atoms with van der Waals surface area (Å²) in [5.41, 5.74) is 2.33. The van der Waals surface area contributed by atoms with Gasteiger partial charge in [-0.15, -0.1) is 0 Å². The van der Waals surface area contributed by atoms with Crippen molar-refractivity contribution in [1.82, 2.24) is 0 Å². The van der Waals surface area contributed by atoms with Crippen LogP contribution >= 0.6 is 0 Å². The number of rotatable bonds is 2. The van der Waals surface area contributed by atoms with Gasteiger partial charge in [0.05, 0.1) is 6.42 Å². The molecule has 0 spiro atoms. The van der Waals surface area contributed by atoms with Crippen molar-refractivity contribution in [3.05, 3.63) is 102 Å². The quantitative estimate of drug-likeness (QED) is 0.720. The third-order valence-electron chi connectivity index (χ3n) is 4.55. The van der Waals surface area contributed by atoms with Crippen molar-refractivity contribution in [2.24, 2.45) is 0 Å². The van der Waals surface area contributed by atoms with Crippen LogP contribution in [-0.2, 0) is 12.0 Å². The molecule has 0 saturated heterocycles. The molecule has 0 bridgehead atoms. The van der Waals surface area contributed by atoms with Crippen LogP contribution in [0.5, 0.6) is 0 Å². The van der Waals surface area contributed by atoms with E-state index in [0.717, 1.165) is 16.8 Å². The fourth-order valence-corrected chi connectivity index (χ4v) is 3.55. The molecule has 2 atom stereocenters. The molecule has 0 amide bonds. The first-order valence-corrected chi connectivity index (χ1v) is 7.61. The van der Waals surface area contributed by atoms with Gasteiger partial charge >= 0.3 is 0 Å². The number of aromatic nitrogens is 1. The number of pyridine rings is 1. The Labute approximate surface area is 130 Å². The molecule has 2 heterocycles. The van der Waals surface area contributed by atoms with E-state index in [0.29, 0.717) is 6.42 Å². The molecule has 1 aromatic heterocycles. The van der Waals surface area contributed by atoms with Crippen LogP contribution in [-0.4, -0.2) is 5.11 Å². The Morgan fingerprint density at radius 2 is 1.45 bits per heavy atom. The summed E-state index contributed by atoms with van der Waals surface area (Å²) in [4.78, 5) is 0. The summed E-state index contributed by atoms with van der Waals surface area (Å²) in [6.45, 7) is 0. The molecule has 3 aromatic rings. The van der Waals surface area contributed by atoms with Crippen LogP contribution in [0.1, 0.15) is 22.9 Å². The summed E-state index contributed by atoms with van der Waals surface area (Å²) < 4.78 is 2.20. The summed E-state index contributed by atoms with van der Waals surface area (Å²) in [6.07, 6.45) is 2.69. The van der Waals surface area contributed by atoms with Crippen LogP contribution in [0.4, 0.5) is 0 Å². The molecule has 2 heteroatoms. The lowest BCUT2D eigenvalue weighted by atomic mass is 9.82. The first-order valence-electron chi connectivity index (χ1n) is 7.61. The van der Waals surface area contributed by atoms with E-state index in [-0.39, 0.29) is 6.04 Å². The van der Waals surface area contributed by atoms with Crippen LogP contribution in [0.15, 0.2) is 85.1 Å². The minimum Gasteiger partial charge on any atom is -0.377 e. The predicted octanol–water partition coefficient (Wildman–Crippen LogP) is 3.01. The second-order valence-corrected chi connectivity index (χ2v) is 5.88. The van der Waals surface area contributed by atoms with Crippen molar-refractivity contribution >= 4 is 0 Å². The van der Waals surface area contributed by atoms with Gasteiger partial charge in [0.1, 0.15) is 0 Å². The molecule has 0 saturated carbocycles. The summed E-state index contributed by atoms with van der Waals surface area (Å²) in [7, 11) is 0. The maximum Gasteiger partial charge on any atom is 0.216 e. The van der Waals surface area contributed by atoms with E-state index in [1.807, 2.05) is 60.7 Å². The molecule has 1 aliphatic rings. The van der Waals surface area contributed by atoms with Crippen molar-refractivity contribution in [3.63, 3.8) is 0 Å². The molecule has 22 heavy (non-hydrogen) atoms. The zero-order valence-corrected chi connectivity index (χ0v) is 12.3. The van der Waals surface area contributed by atoms with Gasteiger partial charge in [0.2, 0.25) is 6.04 Å². The highest BCUT2D eigenvalue weighted by molar-refractivity contribution is 5.32. The topological polar surface area (TPSA) is 24.1 Å². The lowest BCUT2D eigenvalue weighted by Crippen LogP contribution is -2.46. The van der Waals surface area contributed by atoms with Crippen molar-refractivity contribution in [1.29, 1.82) is 0 Å². The molecule has 2 aromatic carbocycles. The predicted molar refractivity (Wildman–Crippen MR) is 85.3 cm³/mol. The van der Waals surface area contributed by atoms with Gasteiger partial charge in [0.15, 0.2) is 17.5 Å². The van der Waals surface area contributed by atoms with Crippen molar-refractivity contribution in [3.8, 4) is 0 Å². The second kappa shape index (κ2) is 5.08. The largest absolute Gasteiger partial charge is 0.377 e. The van der Waals surface area contributed by atoms with E-state index in [4.69, 9.17) is 0 Å². The highest BCUT2D eigenvalue weighted by Crippen LogP contribution is 2.41. The molecule has 108 valence electrons. The van der Waals surface area contributed by atoms with E-state index in [1.165, 1.54) is 0 Å². The average Bonchev–Trinajstić information content (AvgIpc) is 2.90. The summed E-state index contributed by atoms with van der Waals surface area (Å²) in [5.74, 6) is 0. The van der Waals surface area contributed by atoms with Crippen LogP contribution < -0.4 is 4.57 Å². The lowest BCUT2D eigenvalue weighted by Gasteiger charge is -2.26. The van der Waals surface area contributed by atoms with Gasteiger partial charge in [-0.2, -0.15) is 4.57 Å². The van der Waals surface area contributed by atoms with Crippen LogP contribution in [0.3, 0.4) is 0 Å². The van der Waals surface area contributed by atoms with E-state index in [1.54, 1.807) is 0 Å². The summed E-state index contributed by atoms with van der Waals surface area (Å²) in [6, 6.07) is 26.3. The number of aliphatic hydroxyl groups is 1. The zero-order chi connectivity index (χ0) is 15.0. The highest BCUT2D eigenvalue weighted by Gasteiger charge is 2.53. The Bertz CT molecular complexity index is 785. The van der Waals surface area contributed by atoms with Crippen LogP contribution in [0.25, 0.3) is 0 Å².